The molecule has 0 radical (unpaired) electrons. The molecule has 0 spiro atoms. The molecule has 7 nitrogen and oxygen atoms in total. The number of nitrogens with zero attached hydrogens (tertiary/aromatic N) is 5. The Morgan fingerprint density at radius 3 is 2.95 bits per heavy atom. The van der Waals surface area contributed by atoms with Gasteiger partial charge in [-0.2, -0.15) is 0 Å². The number of rotatable bonds is 4. The first-order valence-corrected chi connectivity index (χ1v) is 6.41. The predicted octanol–water partition coefficient (Wildman–Crippen LogP) is 0.972. The summed E-state index contributed by atoms with van der Waals surface area (Å²) in [6.07, 6.45) is 1.57. The molecule has 0 aliphatic carbocycles. The van der Waals surface area contributed by atoms with Crippen molar-refractivity contribution in [2.45, 2.75) is 13.5 Å². The van der Waals surface area contributed by atoms with Crippen molar-refractivity contribution in [2.24, 2.45) is 10.9 Å². The van der Waals surface area contributed by atoms with Gasteiger partial charge in [0.1, 0.15) is 5.69 Å². The third-order valence-corrected chi connectivity index (χ3v) is 3.24. The van der Waals surface area contributed by atoms with Crippen molar-refractivity contribution in [1.82, 2.24) is 15.0 Å². The molecule has 0 unspecified atom stereocenters. The van der Waals surface area contributed by atoms with Gasteiger partial charge in [-0.3, -0.25) is 0 Å². The Bertz CT molecular complexity index is 596. The molecular weight excluding hydrogens is 264 g/mol. The van der Waals surface area contributed by atoms with Gasteiger partial charge >= 0.3 is 0 Å². The number of hydrogen-bond acceptors (Lipinski definition) is 7. The monoisotopic (exact) mass is 278 g/mol. The van der Waals surface area contributed by atoms with E-state index in [0.29, 0.717) is 18.2 Å². The van der Waals surface area contributed by atoms with Crippen LogP contribution in [0.1, 0.15) is 16.4 Å². The van der Waals surface area contributed by atoms with Crippen LogP contribution in [0.5, 0.6) is 0 Å². The van der Waals surface area contributed by atoms with Crippen molar-refractivity contribution in [2.75, 3.05) is 11.9 Å². The summed E-state index contributed by atoms with van der Waals surface area (Å²) in [6.45, 7) is 2.56. The summed E-state index contributed by atoms with van der Waals surface area (Å²) in [4.78, 5) is 14.6. The van der Waals surface area contributed by atoms with Crippen LogP contribution >= 0.6 is 11.3 Å². The molecule has 0 saturated heterocycles. The largest absolute Gasteiger partial charge is 0.409 e. The lowest BCUT2D eigenvalue weighted by atomic mass is 10.4. The lowest BCUT2D eigenvalue weighted by molar-refractivity contribution is 0.318. The summed E-state index contributed by atoms with van der Waals surface area (Å²) in [6, 6.07) is 1.58. The second-order valence-corrected chi connectivity index (χ2v) is 5.00. The number of aromatic nitrogens is 3. The molecule has 8 heteroatoms. The van der Waals surface area contributed by atoms with Crippen molar-refractivity contribution in [3.05, 3.63) is 34.0 Å². The molecule has 0 bridgehead atoms. The second-order valence-electron chi connectivity index (χ2n) is 3.94. The van der Waals surface area contributed by atoms with Crippen LogP contribution < -0.4 is 10.6 Å². The van der Waals surface area contributed by atoms with Crippen molar-refractivity contribution in [3.8, 4) is 0 Å². The molecule has 0 fully saturated rings. The third-order valence-electron chi connectivity index (χ3n) is 2.42. The van der Waals surface area contributed by atoms with Gasteiger partial charge < -0.3 is 15.8 Å². The number of anilines is 1. The smallest absolute Gasteiger partial charge is 0.226 e. The van der Waals surface area contributed by atoms with Crippen LogP contribution in [0.4, 0.5) is 5.95 Å². The summed E-state index contributed by atoms with van der Waals surface area (Å²) in [5, 5.41) is 14.6. The first-order chi connectivity index (χ1) is 9.10. The van der Waals surface area contributed by atoms with Gasteiger partial charge in [-0.15, -0.1) is 11.3 Å². The Kier molecular flexibility index (Phi) is 3.91. The number of hydrogen-bond donors (Lipinski definition) is 2. The number of nitrogens with two attached hydrogens (primary N) is 1. The molecule has 0 aliphatic heterocycles. The zero-order valence-electron chi connectivity index (χ0n) is 10.6. The Morgan fingerprint density at radius 1 is 1.53 bits per heavy atom. The number of thiazole rings is 1. The van der Waals surface area contributed by atoms with E-state index in [9.17, 15) is 0 Å². The Hall–Kier alpha value is -2.22. The van der Waals surface area contributed by atoms with E-state index in [0.717, 1.165) is 10.7 Å². The van der Waals surface area contributed by atoms with Gasteiger partial charge in [0.05, 0.1) is 17.2 Å². The van der Waals surface area contributed by atoms with Gasteiger partial charge in [0.25, 0.3) is 0 Å². The van der Waals surface area contributed by atoms with Crippen molar-refractivity contribution >= 4 is 23.1 Å². The normalized spacial score (nSPS) is 11.6. The average molecular weight is 278 g/mol. The standard InChI is InChI=1S/C11H14N6OS/c1-7-14-8(6-19-7)5-17(2)11-13-4-3-9(15-11)10(12)16-18/h3-4,6,18H,5H2,1-2H3,(H2,12,16). The van der Waals surface area contributed by atoms with E-state index in [-0.39, 0.29) is 5.84 Å². The van der Waals surface area contributed by atoms with Crippen LogP contribution in [0.25, 0.3) is 0 Å². The number of aryl methyl sites for hydroxylation is 1. The molecule has 19 heavy (non-hydrogen) atoms. The third kappa shape index (κ3) is 3.16. The Balaban J connectivity index is 2.17. The number of oxime groups is 1. The molecule has 2 aromatic rings. The minimum absolute atomic E-state index is 0.0402. The van der Waals surface area contributed by atoms with Crippen LogP contribution in [-0.2, 0) is 6.54 Å². The summed E-state index contributed by atoms with van der Waals surface area (Å²) in [5.74, 6) is 0.455. The maximum atomic E-state index is 8.64. The SMILES string of the molecule is Cc1nc(CN(C)c2nccc(/C(N)=N/O)n2)cs1. The van der Waals surface area contributed by atoms with Crippen LogP contribution in [0, 0.1) is 6.92 Å². The first kappa shape index (κ1) is 13.2. The molecule has 3 N–H and O–H groups in total. The van der Waals surface area contributed by atoms with Crippen LogP contribution in [0.2, 0.25) is 0 Å². The highest BCUT2D eigenvalue weighted by Gasteiger charge is 2.09. The van der Waals surface area contributed by atoms with Crippen LogP contribution in [0.3, 0.4) is 0 Å². The zero-order valence-corrected chi connectivity index (χ0v) is 11.4. The van der Waals surface area contributed by atoms with E-state index in [1.54, 1.807) is 23.6 Å². The lowest BCUT2D eigenvalue weighted by Gasteiger charge is -2.15. The Morgan fingerprint density at radius 2 is 2.32 bits per heavy atom. The predicted molar refractivity (Wildman–Crippen MR) is 73.5 cm³/mol. The van der Waals surface area contributed by atoms with E-state index >= 15 is 0 Å². The summed E-state index contributed by atoms with van der Waals surface area (Å²) < 4.78 is 0. The molecule has 2 heterocycles. The van der Waals surface area contributed by atoms with E-state index in [2.05, 4.69) is 20.1 Å². The molecule has 0 aliphatic rings. The summed E-state index contributed by atoms with van der Waals surface area (Å²) in [7, 11) is 1.86. The summed E-state index contributed by atoms with van der Waals surface area (Å²) in [5.41, 5.74) is 6.84. The van der Waals surface area contributed by atoms with Gasteiger partial charge in [-0.05, 0) is 13.0 Å². The average Bonchev–Trinajstić information content (AvgIpc) is 2.83. The molecule has 2 rings (SSSR count). The van der Waals surface area contributed by atoms with Gasteiger partial charge in [0, 0.05) is 18.6 Å². The van der Waals surface area contributed by atoms with E-state index in [1.165, 1.54) is 0 Å². The fraction of sp³-hybridized carbons (Fsp3) is 0.273. The molecule has 2 aromatic heterocycles. The topological polar surface area (TPSA) is 101 Å². The van der Waals surface area contributed by atoms with E-state index < -0.39 is 0 Å². The van der Waals surface area contributed by atoms with Crippen molar-refractivity contribution < 1.29 is 5.21 Å². The van der Waals surface area contributed by atoms with Crippen LogP contribution in [0.15, 0.2) is 22.8 Å². The van der Waals surface area contributed by atoms with Crippen molar-refractivity contribution in [1.29, 1.82) is 0 Å². The van der Waals surface area contributed by atoms with Gasteiger partial charge in [-0.1, -0.05) is 5.16 Å². The van der Waals surface area contributed by atoms with Crippen molar-refractivity contribution in [3.63, 3.8) is 0 Å². The lowest BCUT2D eigenvalue weighted by Crippen LogP contribution is -2.22. The maximum absolute atomic E-state index is 8.64. The highest BCUT2D eigenvalue weighted by molar-refractivity contribution is 7.09. The molecule has 0 atom stereocenters. The van der Waals surface area contributed by atoms with Crippen LogP contribution in [-0.4, -0.2) is 33.0 Å². The molecule has 100 valence electrons. The second kappa shape index (κ2) is 5.61. The first-order valence-electron chi connectivity index (χ1n) is 5.53. The maximum Gasteiger partial charge on any atom is 0.226 e. The fourth-order valence-electron chi connectivity index (χ4n) is 1.52. The van der Waals surface area contributed by atoms with E-state index in [4.69, 9.17) is 10.9 Å². The Labute approximate surface area is 114 Å². The molecule has 0 amide bonds. The molecule has 0 saturated carbocycles. The van der Waals surface area contributed by atoms with Gasteiger partial charge in [-0.25, -0.2) is 15.0 Å². The molecular formula is C11H14N6OS. The van der Waals surface area contributed by atoms with Gasteiger partial charge in [0.2, 0.25) is 5.95 Å². The van der Waals surface area contributed by atoms with Gasteiger partial charge in [0.15, 0.2) is 5.84 Å². The zero-order chi connectivity index (χ0) is 13.8. The number of amidine groups is 1. The summed E-state index contributed by atoms with van der Waals surface area (Å²) >= 11 is 1.60. The highest BCUT2D eigenvalue weighted by atomic mass is 32.1. The van der Waals surface area contributed by atoms with E-state index in [1.807, 2.05) is 24.3 Å². The quantitative estimate of drug-likeness (QED) is 0.374. The highest BCUT2D eigenvalue weighted by Crippen LogP contribution is 2.13. The molecule has 0 aromatic carbocycles. The fourth-order valence-corrected chi connectivity index (χ4v) is 2.12. The minimum atomic E-state index is -0.0402. The minimum Gasteiger partial charge on any atom is -0.409 e.